The molecule has 2 N–H and O–H groups in total. The highest BCUT2D eigenvalue weighted by molar-refractivity contribution is 5.86. The van der Waals surface area contributed by atoms with Gasteiger partial charge in [0.15, 0.2) is 0 Å². The van der Waals surface area contributed by atoms with Crippen molar-refractivity contribution in [3.63, 3.8) is 0 Å². The zero-order chi connectivity index (χ0) is 14.1. The molecule has 5 heteroatoms. The molecule has 2 aromatic rings. The first-order chi connectivity index (χ1) is 9.69. The van der Waals surface area contributed by atoms with Crippen LogP contribution in [-0.2, 0) is 0 Å². The molecule has 0 bridgehead atoms. The van der Waals surface area contributed by atoms with Gasteiger partial charge in [0.05, 0.1) is 4.92 Å². The summed E-state index contributed by atoms with van der Waals surface area (Å²) >= 11 is 0. The maximum Gasteiger partial charge on any atom is 0.270 e. The minimum absolute atomic E-state index is 0.166. The first kappa shape index (κ1) is 13.1. The number of nitro groups is 1. The summed E-state index contributed by atoms with van der Waals surface area (Å²) in [5.74, 6) is 0.495. The van der Waals surface area contributed by atoms with E-state index in [2.05, 4.69) is 17.2 Å². The van der Waals surface area contributed by atoms with Crippen molar-refractivity contribution in [1.29, 1.82) is 0 Å². The van der Waals surface area contributed by atoms with Crippen LogP contribution in [0.3, 0.4) is 0 Å². The molecule has 3 rings (SSSR count). The molecule has 1 fully saturated rings. The topological polar surface area (TPSA) is 71.0 Å². The summed E-state index contributed by atoms with van der Waals surface area (Å²) in [5.41, 5.74) is 2.38. The van der Waals surface area contributed by atoms with E-state index >= 15 is 0 Å². The number of benzene rings is 1. The molecule has 2 unspecified atom stereocenters. The molecule has 0 amide bonds. The Hall–Kier alpha value is -1.88. The predicted molar refractivity (Wildman–Crippen MR) is 79.0 cm³/mol. The number of aromatic nitrogens is 1. The van der Waals surface area contributed by atoms with Gasteiger partial charge in [-0.05, 0) is 43.4 Å². The van der Waals surface area contributed by atoms with Crippen molar-refractivity contribution in [2.45, 2.75) is 38.1 Å². The van der Waals surface area contributed by atoms with Gasteiger partial charge in [0.25, 0.3) is 5.69 Å². The minimum Gasteiger partial charge on any atom is -0.361 e. The van der Waals surface area contributed by atoms with Crippen LogP contribution in [0.2, 0.25) is 0 Å². The summed E-state index contributed by atoms with van der Waals surface area (Å²) in [7, 11) is 0. The Bertz CT molecular complexity index is 635. The SMILES string of the molecule is CCNC1CCC(c2c[nH]c3ccc([N+](=O)[O-])cc23)C1. The second kappa shape index (κ2) is 5.25. The summed E-state index contributed by atoms with van der Waals surface area (Å²) in [6.07, 6.45) is 5.46. The third-order valence-corrected chi connectivity index (χ3v) is 4.27. The zero-order valence-electron chi connectivity index (χ0n) is 11.6. The van der Waals surface area contributed by atoms with Gasteiger partial charge in [-0.25, -0.2) is 0 Å². The van der Waals surface area contributed by atoms with Gasteiger partial charge in [-0.15, -0.1) is 0 Å². The summed E-state index contributed by atoms with van der Waals surface area (Å²) in [4.78, 5) is 13.8. The average molecular weight is 273 g/mol. The molecular weight excluding hydrogens is 254 g/mol. The van der Waals surface area contributed by atoms with E-state index in [-0.39, 0.29) is 10.6 Å². The minimum atomic E-state index is -0.327. The quantitative estimate of drug-likeness (QED) is 0.663. The number of nitro benzene ring substituents is 1. The zero-order valence-corrected chi connectivity index (χ0v) is 11.6. The molecule has 0 aliphatic heterocycles. The number of rotatable bonds is 4. The van der Waals surface area contributed by atoms with Gasteiger partial charge in [0, 0.05) is 35.3 Å². The van der Waals surface area contributed by atoms with Crippen molar-refractivity contribution in [1.82, 2.24) is 10.3 Å². The Morgan fingerprint density at radius 2 is 2.30 bits per heavy atom. The smallest absolute Gasteiger partial charge is 0.270 e. The van der Waals surface area contributed by atoms with Gasteiger partial charge in [-0.2, -0.15) is 0 Å². The van der Waals surface area contributed by atoms with Crippen molar-refractivity contribution in [2.24, 2.45) is 0 Å². The van der Waals surface area contributed by atoms with Crippen LogP contribution in [0.4, 0.5) is 5.69 Å². The van der Waals surface area contributed by atoms with Crippen molar-refractivity contribution >= 4 is 16.6 Å². The van der Waals surface area contributed by atoms with Crippen LogP contribution in [-0.4, -0.2) is 22.5 Å². The number of nitrogens with zero attached hydrogens (tertiary/aromatic N) is 1. The molecule has 2 atom stereocenters. The Morgan fingerprint density at radius 1 is 1.45 bits per heavy atom. The molecule has 1 heterocycles. The molecule has 1 aliphatic carbocycles. The van der Waals surface area contributed by atoms with Crippen molar-refractivity contribution in [2.75, 3.05) is 6.54 Å². The van der Waals surface area contributed by atoms with Gasteiger partial charge >= 0.3 is 0 Å². The second-order valence-electron chi connectivity index (χ2n) is 5.50. The molecular formula is C15H19N3O2. The Kier molecular flexibility index (Phi) is 3.44. The number of nitrogens with one attached hydrogen (secondary N) is 2. The largest absolute Gasteiger partial charge is 0.361 e. The van der Waals surface area contributed by atoms with Crippen LogP contribution < -0.4 is 5.32 Å². The Morgan fingerprint density at radius 3 is 3.05 bits per heavy atom. The highest BCUT2D eigenvalue weighted by atomic mass is 16.6. The van der Waals surface area contributed by atoms with Crippen LogP contribution in [0, 0.1) is 10.1 Å². The van der Waals surface area contributed by atoms with E-state index in [1.54, 1.807) is 18.2 Å². The van der Waals surface area contributed by atoms with Gasteiger partial charge in [0.1, 0.15) is 0 Å². The van der Waals surface area contributed by atoms with E-state index < -0.39 is 0 Å². The van der Waals surface area contributed by atoms with E-state index in [1.165, 1.54) is 12.0 Å². The summed E-state index contributed by atoms with van der Waals surface area (Å²) < 4.78 is 0. The highest BCUT2D eigenvalue weighted by Gasteiger charge is 2.27. The van der Waals surface area contributed by atoms with Gasteiger partial charge in [-0.1, -0.05) is 6.92 Å². The van der Waals surface area contributed by atoms with Crippen LogP contribution >= 0.6 is 0 Å². The molecule has 5 nitrogen and oxygen atoms in total. The summed E-state index contributed by atoms with van der Waals surface area (Å²) in [5, 5.41) is 15.4. The maximum absolute atomic E-state index is 10.9. The third-order valence-electron chi connectivity index (χ3n) is 4.27. The lowest BCUT2D eigenvalue weighted by atomic mass is 9.96. The molecule has 1 aromatic heterocycles. The fraction of sp³-hybridized carbons (Fsp3) is 0.467. The molecule has 1 aromatic carbocycles. The van der Waals surface area contributed by atoms with Crippen molar-refractivity contribution in [3.05, 3.63) is 40.1 Å². The van der Waals surface area contributed by atoms with E-state index in [0.717, 1.165) is 30.3 Å². The Balaban J connectivity index is 1.92. The number of non-ortho nitro benzene ring substituents is 1. The number of H-pyrrole nitrogens is 1. The second-order valence-corrected chi connectivity index (χ2v) is 5.50. The van der Waals surface area contributed by atoms with Gasteiger partial charge < -0.3 is 10.3 Å². The van der Waals surface area contributed by atoms with E-state index in [1.807, 2.05) is 6.20 Å². The maximum atomic E-state index is 10.9. The van der Waals surface area contributed by atoms with E-state index in [9.17, 15) is 10.1 Å². The number of aromatic amines is 1. The van der Waals surface area contributed by atoms with Crippen molar-refractivity contribution in [3.8, 4) is 0 Å². The van der Waals surface area contributed by atoms with Gasteiger partial charge in [-0.3, -0.25) is 10.1 Å². The molecule has 106 valence electrons. The fourth-order valence-corrected chi connectivity index (χ4v) is 3.32. The fourth-order valence-electron chi connectivity index (χ4n) is 3.32. The number of hydrogen-bond acceptors (Lipinski definition) is 3. The normalized spacial score (nSPS) is 22.4. The monoisotopic (exact) mass is 273 g/mol. The Labute approximate surface area is 117 Å². The van der Waals surface area contributed by atoms with Crippen LogP contribution in [0.15, 0.2) is 24.4 Å². The molecule has 0 spiro atoms. The number of fused-ring (bicyclic) bond motifs is 1. The van der Waals surface area contributed by atoms with E-state index in [0.29, 0.717) is 12.0 Å². The molecule has 0 saturated heterocycles. The highest BCUT2D eigenvalue weighted by Crippen LogP contribution is 2.38. The summed E-state index contributed by atoms with van der Waals surface area (Å²) in [6.45, 7) is 3.12. The molecule has 20 heavy (non-hydrogen) atoms. The van der Waals surface area contributed by atoms with E-state index in [4.69, 9.17) is 0 Å². The van der Waals surface area contributed by atoms with Crippen LogP contribution in [0.1, 0.15) is 37.7 Å². The third kappa shape index (κ3) is 2.29. The lowest BCUT2D eigenvalue weighted by Crippen LogP contribution is -2.25. The molecule has 0 radical (unpaired) electrons. The van der Waals surface area contributed by atoms with Crippen LogP contribution in [0.5, 0.6) is 0 Å². The molecule has 1 saturated carbocycles. The lowest BCUT2D eigenvalue weighted by Gasteiger charge is -2.11. The standard InChI is InChI=1S/C15H19N3O2/c1-2-16-11-4-3-10(7-11)14-9-17-15-6-5-12(18(19)20)8-13(14)15/h5-6,8-11,16-17H,2-4,7H2,1H3. The van der Waals surface area contributed by atoms with Crippen LogP contribution in [0.25, 0.3) is 10.9 Å². The lowest BCUT2D eigenvalue weighted by molar-refractivity contribution is -0.384. The predicted octanol–water partition coefficient (Wildman–Crippen LogP) is 3.32. The first-order valence-corrected chi connectivity index (χ1v) is 7.18. The molecule has 1 aliphatic rings. The van der Waals surface area contributed by atoms with Gasteiger partial charge in [0.2, 0.25) is 0 Å². The average Bonchev–Trinajstić information content (AvgIpc) is 3.04. The first-order valence-electron chi connectivity index (χ1n) is 7.18. The van der Waals surface area contributed by atoms with Crippen molar-refractivity contribution < 1.29 is 4.92 Å². The number of hydrogen-bond donors (Lipinski definition) is 2. The summed E-state index contributed by atoms with van der Waals surface area (Å²) in [6, 6.07) is 5.63.